The summed E-state index contributed by atoms with van der Waals surface area (Å²) in [6.07, 6.45) is 0. The third-order valence-corrected chi connectivity index (χ3v) is 3.45. The van der Waals surface area contributed by atoms with Crippen molar-refractivity contribution in [3.05, 3.63) is 56.8 Å². The summed E-state index contributed by atoms with van der Waals surface area (Å²) in [5.41, 5.74) is 0.682. The molecule has 0 amide bonds. The number of rotatable bonds is 2. The Hall–Kier alpha value is -2.34. The summed E-state index contributed by atoms with van der Waals surface area (Å²) >= 11 is 6.06. The molecule has 0 aliphatic carbocycles. The van der Waals surface area contributed by atoms with Gasteiger partial charge in [-0.2, -0.15) is 0 Å². The molecule has 0 aliphatic heterocycles. The van der Waals surface area contributed by atoms with Crippen LogP contribution in [0.1, 0.15) is 19.4 Å². The minimum atomic E-state index is -1.13. The highest BCUT2D eigenvalue weighted by Gasteiger charge is 2.18. The summed E-state index contributed by atoms with van der Waals surface area (Å²) in [4.78, 5) is 11.7. The SMILES string of the molecule is CC.Cc1ccc(Nc2c(F)c(F)cc3[nH][nH]c(=O)c23)c(Cl)c1. The summed E-state index contributed by atoms with van der Waals surface area (Å²) in [5, 5.41) is 7.83. The number of aromatic amines is 2. The van der Waals surface area contributed by atoms with Gasteiger partial charge in [-0.1, -0.05) is 31.5 Å². The fourth-order valence-electron chi connectivity index (χ4n) is 2.12. The topological polar surface area (TPSA) is 60.7 Å². The molecule has 0 bridgehead atoms. The number of hydrogen-bond donors (Lipinski definition) is 3. The van der Waals surface area contributed by atoms with E-state index in [1.54, 1.807) is 18.2 Å². The molecule has 0 radical (unpaired) electrons. The minimum Gasteiger partial charge on any atom is -0.351 e. The van der Waals surface area contributed by atoms with Gasteiger partial charge >= 0.3 is 0 Å². The van der Waals surface area contributed by atoms with E-state index in [4.69, 9.17) is 11.6 Å². The first-order valence-electron chi connectivity index (χ1n) is 7.09. The van der Waals surface area contributed by atoms with Gasteiger partial charge in [-0.25, -0.2) is 8.78 Å². The van der Waals surface area contributed by atoms with Gasteiger partial charge in [-0.05, 0) is 24.6 Å². The van der Waals surface area contributed by atoms with Crippen molar-refractivity contribution >= 4 is 33.9 Å². The third kappa shape index (κ3) is 3.22. The molecule has 0 atom stereocenters. The number of anilines is 2. The number of H-pyrrole nitrogens is 2. The van der Waals surface area contributed by atoms with Crippen molar-refractivity contribution in [2.24, 2.45) is 0 Å². The number of aryl methyl sites for hydroxylation is 1. The van der Waals surface area contributed by atoms with E-state index in [0.29, 0.717) is 10.7 Å². The Labute approximate surface area is 136 Å². The maximum absolute atomic E-state index is 14.0. The number of hydrogen-bond acceptors (Lipinski definition) is 2. The predicted octanol–water partition coefficient (Wildman–Crippen LogP) is 4.87. The second-order valence-corrected chi connectivity index (χ2v) is 5.06. The lowest BCUT2D eigenvalue weighted by atomic mass is 10.1. The minimum absolute atomic E-state index is 0.00513. The summed E-state index contributed by atoms with van der Waals surface area (Å²) in [6, 6.07) is 6.00. The lowest BCUT2D eigenvalue weighted by molar-refractivity contribution is 0.513. The average molecular weight is 340 g/mol. The van der Waals surface area contributed by atoms with Crippen molar-refractivity contribution < 1.29 is 8.78 Å². The average Bonchev–Trinajstić information content (AvgIpc) is 2.89. The molecule has 0 saturated carbocycles. The molecule has 1 aromatic heterocycles. The standard InChI is InChI=1S/C14H10ClF2N3O.C2H6/c1-6-2-3-9(7(15)4-6)18-13-11-10(19-20-14(11)21)5-8(16)12(13)17;1-2/h2-5,18H,1H3,(H2,19,20,21);1-2H3. The van der Waals surface area contributed by atoms with E-state index in [-0.39, 0.29) is 16.6 Å². The van der Waals surface area contributed by atoms with Crippen molar-refractivity contribution in [1.29, 1.82) is 0 Å². The number of halogens is 3. The zero-order chi connectivity index (χ0) is 17.1. The highest BCUT2D eigenvalue weighted by Crippen LogP contribution is 2.31. The Kier molecular flexibility index (Phi) is 5.05. The normalized spacial score (nSPS) is 10.3. The molecular weight excluding hydrogens is 324 g/mol. The van der Waals surface area contributed by atoms with E-state index in [0.717, 1.165) is 11.6 Å². The summed E-state index contributed by atoms with van der Waals surface area (Å²) < 4.78 is 27.6. The Morgan fingerprint density at radius 1 is 1.13 bits per heavy atom. The zero-order valence-corrected chi connectivity index (χ0v) is 13.6. The third-order valence-electron chi connectivity index (χ3n) is 3.14. The van der Waals surface area contributed by atoms with Crippen LogP contribution in [0.15, 0.2) is 29.1 Å². The van der Waals surface area contributed by atoms with Crippen LogP contribution in [-0.2, 0) is 0 Å². The van der Waals surface area contributed by atoms with Gasteiger partial charge in [0, 0.05) is 6.07 Å². The predicted molar refractivity (Wildman–Crippen MR) is 89.7 cm³/mol. The summed E-state index contributed by atoms with van der Waals surface area (Å²) in [7, 11) is 0. The molecular formula is C16H16ClF2N3O. The molecule has 0 unspecified atom stereocenters. The molecule has 2 aromatic carbocycles. The second kappa shape index (κ2) is 6.83. The van der Waals surface area contributed by atoms with E-state index in [1.807, 2.05) is 20.8 Å². The molecule has 23 heavy (non-hydrogen) atoms. The molecule has 0 spiro atoms. The lowest BCUT2D eigenvalue weighted by Crippen LogP contribution is -2.05. The van der Waals surface area contributed by atoms with E-state index in [2.05, 4.69) is 15.5 Å². The highest BCUT2D eigenvalue weighted by atomic mass is 35.5. The number of fused-ring (bicyclic) bond motifs is 1. The van der Waals surface area contributed by atoms with Gasteiger partial charge in [-0.3, -0.25) is 15.0 Å². The molecule has 1 heterocycles. The van der Waals surface area contributed by atoms with Gasteiger partial charge in [0.1, 0.15) is 0 Å². The van der Waals surface area contributed by atoms with Crippen LogP contribution in [0.3, 0.4) is 0 Å². The number of aromatic nitrogens is 2. The van der Waals surface area contributed by atoms with Gasteiger partial charge in [0.15, 0.2) is 11.6 Å². The van der Waals surface area contributed by atoms with Crippen LogP contribution in [0, 0.1) is 18.6 Å². The van der Waals surface area contributed by atoms with Crippen LogP contribution < -0.4 is 10.9 Å². The van der Waals surface area contributed by atoms with E-state index < -0.39 is 17.2 Å². The number of nitrogens with one attached hydrogen (secondary N) is 3. The molecule has 0 aliphatic rings. The molecule has 122 valence electrons. The summed E-state index contributed by atoms with van der Waals surface area (Å²) in [6.45, 7) is 5.85. The Bertz CT molecular complexity index is 902. The first-order valence-corrected chi connectivity index (χ1v) is 7.46. The fourth-order valence-corrected chi connectivity index (χ4v) is 2.40. The van der Waals surface area contributed by atoms with Gasteiger partial charge in [0.25, 0.3) is 5.56 Å². The van der Waals surface area contributed by atoms with Crippen molar-refractivity contribution in [2.45, 2.75) is 20.8 Å². The molecule has 3 aromatic rings. The van der Waals surface area contributed by atoms with E-state index >= 15 is 0 Å². The van der Waals surface area contributed by atoms with Crippen LogP contribution >= 0.6 is 11.6 Å². The highest BCUT2D eigenvalue weighted by molar-refractivity contribution is 6.33. The van der Waals surface area contributed by atoms with Crippen LogP contribution in [0.25, 0.3) is 10.9 Å². The number of benzene rings is 2. The molecule has 3 N–H and O–H groups in total. The Morgan fingerprint density at radius 2 is 1.83 bits per heavy atom. The quantitative estimate of drug-likeness (QED) is 0.624. The monoisotopic (exact) mass is 339 g/mol. The smallest absolute Gasteiger partial charge is 0.274 e. The van der Waals surface area contributed by atoms with Crippen molar-refractivity contribution in [3.63, 3.8) is 0 Å². The van der Waals surface area contributed by atoms with Crippen LogP contribution in [-0.4, -0.2) is 10.2 Å². The van der Waals surface area contributed by atoms with Crippen LogP contribution in [0.4, 0.5) is 20.2 Å². The molecule has 0 fully saturated rings. The van der Waals surface area contributed by atoms with Gasteiger partial charge in [0.05, 0.1) is 27.3 Å². The van der Waals surface area contributed by atoms with Gasteiger partial charge in [0.2, 0.25) is 0 Å². The molecule has 3 rings (SSSR count). The zero-order valence-electron chi connectivity index (χ0n) is 12.9. The molecule has 0 saturated heterocycles. The Balaban J connectivity index is 0.000000924. The van der Waals surface area contributed by atoms with Gasteiger partial charge in [-0.15, -0.1) is 0 Å². The van der Waals surface area contributed by atoms with Crippen molar-refractivity contribution in [1.82, 2.24) is 10.2 Å². The Morgan fingerprint density at radius 3 is 2.48 bits per heavy atom. The first kappa shape index (κ1) is 17.0. The maximum atomic E-state index is 14.0. The second-order valence-electron chi connectivity index (χ2n) is 4.66. The van der Waals surface area contributed by atoms with E-state index in [9.17, 15) is 13.6 Å². The van der Waals surface area contributed by atoms with Crippen molar-refractivity contribution in [3.8, 4) is 0 Å². The van der Waals surface area contributed by atoms with Crippen molar-refractivity contribution in [2.75, 3.05) is 5.32 Å². The first-order chi connectivity index (χ1) is 11.0. The molecule has 7 heteroatoms. The maximum Gasteiger partial charge on any atom is 0.274 e. The van der Waals surface area contributed by atoms with Crippen LogP contribution in [0.5, 0.6) is 0 Å². The fraction of sp³-hybridized carbons (Fsp3) is 0.188. The van der Waals surface area contributed by atoms with Crippen LogP contribution in [0.2, 0.25) is 5.02 Å². The van der Waals surface area contributed by atoms with Gasteiger partial charge < -0.3 is 5.32 Å². The summed E-state index contributed by atoms with van der Waals surface area (Å²) in [5.74, 6) is -2.20. The van der Waals surface area contributed by atoms with E-state index in [1.165, 1.54) is 0 Å². The molecule has 4 nitrogen and oxygen atoms in total. The lowest BCUT2D eigenvalue weighted by Gasteiger charge is -2.11. The largest absolute Gasteiger partial charge is 0.351 e.